The van der Waals surface area contributed by atoms with Crippen molar-refractivity contribution in [3.8, 4) is 0 Å². The molecule has 0 atom stereocenters. The molecular weight excluding hydrogens is 303 g/mol. The summed E-state index contributed by atoms with van der Waals surface area (Å²) < 4.78 is 13.0. The van der Waals surface area contributed by atoms with Gasteiger partial charge in [-0.15, -0.1) is 11.3 Å². The van der Waals surface area contributed by atoms with Crippen molar-refractivity contribution in [1.29, 1.82) is 0 Å². The van der Waals surface area contributed by atoms with Crippen LogP contribution in [0, 0.1) is 5.82 Å². The normalized spacial score (nSPS) is 10.2. The Morgan fingerprint density at radius 1 is 1.00 bits per heavy atom. The van der Waals surface area contributed by atoms with E-state index in [9.17, 15) is 14.0 Å². The summed E-state index contributed by atoms with van der Waals surface area (Å²) in [5, 5.41) is 7.36. The molecule has 2 N–H and O–H groups in total. The molecule has 0 aliphatic carbocycles. The van der Waals surface area contributed by atoms with E-state index in [4.69, 9.17) is 0 Å². The lowest BCUT2D eigenvalue weighted by Crippen LogP contribution is -2.35. The van der Waals surface area contributed by atoms with Gasteiger partial charge in [-0.25, -0.2) is 4.39 Å². The maximum atomic E-state index is 13.0. The molecule has 0 unspecified atom stereocenters. The molecule has 4 nitrogen and oxygen atoms in total. The fraction of sp³-hybridized carbons (Fsp3) is 0.250. The van der Waals surface area contributed by atoms with E-state index in [2.05, 4.69) is 10.6 Å². The molecule has 1 aromatic heterocycles. The van der Waals surface area contributed by atoms with E-state index in [1.54, 1.807) is 12.1 Å². The summed E-state index contributed by atoms with van der Waals surface area (Å²) in [7, 11) is 0. The van der Waals surface area contributed by atoms with Gasteiger partial charge in [-0.05, 0) is 29.1 Å². The Hall–Kier alpha value is -2.21. The number of carbonyl (C=O) groups is 2. The highest BCUT2D eigenvalue weighted by molar-refractivity contribution is 7.10. The van der Waals surface area contributed by atoms with Crippen LogP contribution in [0.3, 0.4) is 0 Å². The Morgan fingerprint density at radius 3 is 2.36 bits per heavy atom. The van der Waals surface area contributed by atoms with Crippen LogP contribution in [0.15, 0.2) is 41.8 Å². The first-order valence-corrected chi connectivity index (χ1v) is 7.81. The van der Waals surface area contributed by atoms with E-state index in [0.29, 0.717) is 25.1 Å². The van der Waals surface area contributed by atoms with Crippen LogP contribution in [0.5, 0.6) is 0 Å². The average molecular weight is 320 g/mol. The Kier molecular flexibility index (Phi) is 6.09. The Morgan fingerprint density at radius 2 is 1.73 bits per heavy atom. The smallest absolute Gasteiger partial charge is 0.225 e. The van der Waals surface area contributed by atoms with E-state index < -0.39 is 0 Å². The van der Waals surface area contributed by atoms with Gasteiger partial charge in [0.05, 0.1) is 12.8 Å². The van der Waals surface area contributed by atoms with Crippen LogP contribution in [0.2, 0.25) is 0 Å². The SMILES string of the molecule is O=C(Cc1cccc(F)c1)NCCNC(=O)Cc1cccs1. The third-order valence-corrected chi connectivity index (χ3v) is 3.81. The Labute approximate surface area is 132 Å². The highest BCUT2D eigenvalue weighted by Crippen LogP contribution is 2.08. The summed E-state index contributed by atoms with van der Waals surface area (Å²) in [6.07, 6.45) is 0.482. The first kappa shape index (κ1) is 16.2. The average Bonchev–Trinajstić information content (AvgIpc) is 2.96. The molecule has 0 fully saturated rings. The minimum atomic E-state index is -0.355. The number of carbonyl (C=O) groups excluding carboxylic acids is 2. The predicted octanol–water partition coefficient (Wildman–Crippen LogP) is 1.90. The first-order chi connectivity index (χ1) is 10.6. The van der Waals surface area contributed by atoms with Crippen LogP contribution in [0.1, 0.15) is 10.4 Å². The second kappa shape index (κ2) is 8.29. The molecule has 2 amide bonds. The van der Waals surface area contributed by atoms with Gasteiger partial charge in [-0.3, -0.25) is 9.59 Å². The second-order valence-electron chi connectivity index (χ2n) is 4.76. The van der Waals surface area contributed by atoms with Gasteiger partial charge in [0.1, 0.15) is 5.82 Å². The van der Waals surface area contributed by atoms with Gasteiger partial charge in [0, 0.05) is 18.0 Å². The van der Waals surface area contributed by atoms with Crippen molar-refractivity contribution in [1.82, 2.24) is 10.6 Å². The number of thiophene rings is 1. The van der Waals surface area contributed by atoms with Gasteiger partial charge < -0.3 is 10.6 Å². The standard InChI is InChI=1S/C16H17FN2O2S/c17-13-4-1-3-12(9-13)10-15(20)18-6-7-19-16(21)11-14-5-2-8-22-14/h1-5,8-9H,6-7,10-11H2,(H,18,20)(H,19,21). The van der Waals surface area contributed by atoms with Gasteiger partial charge in [0.2, 0.25) is 11.8 Å². The molecule has 2 rings (SSSR count). The zero-order valence-electron chi connectivity index (χ0n) is 12.0. The molecular formula is C16H17FN2O2S. The monoisotopic (exact) mass is 320 g/mol. The van der Waals surface area contributed by atoms with Crippen molar-refractivity contribution in [2.75, 3.05) is 13.1 Å². The van der Waals surface area contributed by atoms with Crippen molar-refractivity contribution < 1.29 is 14.0 Å². The van der Waals surface area contributed by atoms with E-state index in [1.807, 2.05) is 17.5 Å². The van der Waals surface area contributed by atoms with Crippen LogP contribution in [-0.4, -0.2) is 24.9 Å². The van der Waals surface area contributed by atoms with Crippen molar-refractivity contribution in [2.24, 2.45) is 0 Å². The summed E-state index contributed by atoms with van der Waals surface area (Å²) in [4.78, 5) is 24.3. The molecule has 0 saturated heterocycles. The Bertz CT molecular complexity index is 629. The molecule has 22 heavy (non-hydrogen) atoms. The van der Waals surface area contributed by atoms with Crippen molar-refractivity contribution in [3.63, 3.8) is 0 Å². The van der Waals surface area contributed by atoms with E-state index >= 15 is 0 Å². The van der Waals surface area contributed by atoms with E-state index in [1.165, 1.54) is 23.5 Å². The van der Waals surface area contributed by atoms with E-state index in [-0.39, 0.29) is 24.1 Å². The molecule has 0 saturated carbocycles. The predicted molar refractivity (Wildman–Crippen MR) is 84.1 cm³/mol. The molecule has 1 heterocycles. The number of nitrogens with one attached hydrogen (secondary N) is 2. The van der Waals surface area contributed by atoms with Crippen LogP contribution < -0.4 is 10.6 Å². The zero-order valence-corrected chi connectivity index (χ0v) is 12.8. The minimum absolute atomic E-state index is 0.0678. The fourth-order valence-corrected chi connectivity index (χ4v) is 2.64. The molecule has 0 bridgehead atoms. The van der Waals surface area contributed by atoms with Gasteiger partial charge in [0.25, 0.3) is 0 Å². The molecule has 0 aliphatic heterocycles. The maximum absolute atomic E-state index is 13.0. The number of amides is 2. The number of hydrogen-bond donors (Lipinski definition) is 2. The van der Waals surface area contributed by atoms with Gasteiger partial charge in [-0.2, -0.15) is 0 Å². The number of hydrogen-bond acceptors (Lipinski definition) is 3. The topological polar surface area (TPSA) is 58.2 Å². The molecule has 0 radical (unpaired) electrons. The lowest BCUT2D eigenvalue weighted by molar-refractivity contribution is -0.122. The maximum Gasteiger partial charge on any atom is 0.225 e. The summed E-state index contributed by atoms with van der Waals surface area (Å²) in [5.41, 5.74) is 0.624. The fourth-order valence-electron chi connectivity index (χ4n) is 1.93. The van der Waals surface area contributed by atoms with Crippen LogP contribution in [0.4, 0.5) is 4.39 Å². The summed E-state index contributed by atoms with van der Waals surface area (Å²) in [6, 6.07) is 9.76. The lowest BCUT2D eigenvalue weighted by atomic mass is 10.1. The van der Waals surface area contributed by atoms with Crippen molar-refractivity contribution in [2.45, 2.75) is 12.8 Å². The summed E-state index contributed by atoms with van der Waals surface area (Å²) in [5.74, 6) is -0.619. The van der Waals surface area contributed by atoms with Crippen molar-refractivity contribution >= 4 is 23.2 Å². The van der Waals surface area contributed by atoms with Crippen LogP contribution in [0.25, 0.3) is 0 Å². The molecule has 0 spiro atoms. The third-order valence-electron chi connectivity index (χ3n) is 2.94. The summed E-state index contributed by atoms with van der Waals surface area (Å²) in [6.45, 7) is 0.726. The summed E-state index contributed by atoms with van der Waals surface area (Å²) >= 11 is 1.54. The van der Waals surface area contributed by atoms with Gasteiger partial charge in [-0.1, -0.05) is 18.2 Å². The second-order valence-corrected chi connectivity index (χ2v) is 5.79. The van der Waals surface area contributed by atoms with Gasteiger partial charge in [0.15, 0.2) is 0 Å². The molecule has 2 aromatic rings. The van der Waals surface area contributed by atoms with Crippen LogP contribution >= 0.6 is 11.3 Å². The Balaban J connectivity index is 1.62. The largest absolute Gasteiger partial charge is 0.354 e. The first-order valence-electron chi connectivity index (χ1n) is 6.94. The van der Waals surface area contributed by atoms with E-state index in [0.717, 1.165) is 4.88 Å². The number of halogens is 1. The zero-order chi connectivity index (χ0) is 15.8. The number of rotatable bonds is 7. The molecule has 116 valence electrons. The molecule has 1 aromatic carbocycles. The quantitative estimate of drug-likeness (QED) is 0.766. The number of benzene rings is 1. The lowest BCUT2D eigenvalue weighted by Gasteiger charge is -2.07. The minimum Gasteiger partial charge on any atom is -0.354 e. The molecule has 0 aliphatic rings. The van der Waals surface area contributed by atoms with Gasteiger partial charge >= 0.3 is 0 Å². The highest BCUT2D eigenvalue weighted by atomic mass is 32.1. The highest BCUT2D eigenvalue weighted by Gasteiger charge is 2.05. The molecule has 6 heteroatoms. The third kappa shape index (κ3) is 5.65. The van der Waals surface area contributed by atoms with Crippen molar-refractivity contribution in [3.05, 3.63) is 58.0 Å². The van der Waals surface area contributed by atoms with Crippen LogP contribution in [-0.2, 0) is 22.4 Å².